The van der Waals surface area contributed by atoms with Crippen LogP contribution in [0.4, 0.5) is 0 Å². The average Bonchev–Trinajstić information content (AvgIpc) is 2.98. The number of hydrogen-bond acceptors (Lipinski definition) is 3. The van der Waals surface area contributed by atoms with Crippen molar-refractivity contribution in [2.75, 3.05) is 19.7 Å². The molecule has 1 amide bonds. The lowest BCUT2D eigenvalue weighted by molar-refractivity contribution is -0.134. The number of aliphatic hydroxyl groups is 1. The molecular formula is C15H23NO3. The van der Waals surface area contributed by atoms with Crippen molar-refractivity contribution >= 4 is 5.91 Å². The largest absolute Gasteiger partial charge is 0.469 e. The van der Waals surface area contributed by atoms with Gasteiger partial charge in [0.15, 0.2) is 0 Å². The van der Waals surface area contributed by atoms with Crippen LogP contribution in [-0.4, -0.2) is 35.6 Å². The summed E-state index contributed by atoms with van der Waals surface area (Å²) in [5.74, 6) is 1.06. The fourth-order valence-corrected chi connectivity index (χ4v) is 2.70. The van der Waals surface area contributed by atoms with Gasteiger partial charge < -0.3 is 14.4 Å². The molecule has 1 aromatic heterocycles. The fraction of sp³-hybridized carbons (Fsp3) is 0.667. The van der Waals surface area contributed by atoms with Crippen molar-refractivity contribution in [3.05, 3.63) is 24.2 Å². The number of hydrogen-bond donors (Lipinski definition) is 1. The van der Waals surface area contributed by atoms with Gasteiger partial charge in [-0.2, -0.15) is 0 Å². The maximum absolute atomic E-state index is 12.1. The van der Waals surface area contributed by atoms with Crippen molar-refractivity contribution in [2.45, 2.75) is 39.0 Å². The molecule has 1 aliphatic heterocycles. The first-order chi connectivity index (χ1) is 9.19. The van der Waals surface area contributed by atoms with Crippen molar-refractivity contribution in [1.29, 1.82) is 0 Å². The second-order valence-corrected chi connectivity index (χ2v) is 5.47. The van der Waals surface area contributed by atoms with Crippen LogP contribution in [0.25, 0.3) is 0 Å². The molecule has 1 aliphatic rings. The van der Waals surface area contributed by atoms with Crippen LogP contribution in [0.5, 0.6) is 0 Å². The minimum absolute atomic E-state index is 0.0395. The Kier molecular flexibility index (Phi) is 4.64. The summed E-state index contributed by atoms with van der Waals surface area (Å²) in [6.45, 7) is 3.89. The number of nitrogens with zero attached hydrogens (tertiary/aromatic N) is 1. The molecule has 4 heteroatoms. The number of carbonyl (C=O) groups is 1. The summed E-state index contributed by atoms with van der Waals surface area (Å²) >= 11 is 0. The van der Waals surface area contributed by atoms with Crippen molar-refractivity contribution in [3.8, 4) is 0 Å². The van der Waals surface area contributed by atoms with E-state index in [1.54, 1.807) is 6.26 Å². The van der Waals surface area contributed by atoms with Gasteiger partial charge in [0.05, 0.1) is 6.26 Å². The number of aliphatic hydroxyl groups excluding tert-OH is 1. The van der Waals surface area contributed by atoms with E-state index in [-0.39, 0.29) is 17.9 Å². The number of rotatable bonds is 5. The van der Waals surface area contributed by atoms with E-state index in [0.29, 0.717) is 12.8 Å². The van der Waals surface area contributed by atoms with Gasteiger partial charge in [0.1, 0.15) is 5.76 Å². The Labute approximate surface area is 114 Å². The molecule has 1 fully saturated rings. The van der Waals surface area contributed by atoms with Crippen molar-refractivity contribution < 1.29 is 14.3 Å². The molecule has 1 aromatic rings. The van der Waals surface area contributed by atoms with Crippen molar-refractivity contribution in [2.24, 2.45) is 5.41 Å². The molecule has 0 spiro atoms. The molecule has 2 heterocycles. The van der Waals surface area contributed by atoms with Gasteiger partial charge in [-0.1, -0.05) is 6.92 Å². The Balaban J connectivity index is 1.79. The van der Waals surface area contributed by atoms with Gasteiger partial charge in [0, 0.05) is 32.5 Å². The molecule has 0 radical (unpaired) electrons. The smallest absolute Gasteiger partial charge is 0.223 e. The van der Waals surface area contributed by atoms with Crippen LogP contribution < -0.4 is 0 Å². The molecule has 0 aliphatic carbocycles. The van der Waals surface area contributed by atoms with E-state index in [4.69, 9.17) is 4.42 Å². The Morgan fingerprint density at radius 2 is 2.21 bits per heavy atom. The molecule has 0 atom stereocenters. The monoisotopic (exact) mass is 265 g/mol. The maximum Gasteiger partial charge on any atom is 0.223 e. The number of carbonyl (C=O) groups excluding carboxylic acids is 1. The van der Waals surface area contributed by atoms with E-state index in [1.165, 1.54) is 0 Å². The number of furan rings is 1. The zero-order valence-electron chi connectivity index (χ0n) is 11.6. The van der Waals surface area contributed by atoms with E-state index in [1.807, 2.05) is 17.0 Å². The predicted octanol–water partition coefficient (Wildman–Crippen LogP) is 2.22. The van der Waals surface area contributed by atoms with Crippen LogP contribution >= 0.6 is 0 Å². The highest BCUT2D eigenvalue weighted by Gasteiger charge is 2.33. The highest BCUT2D eigenvalue weighted by molar-refractivity contribution is 5.76. The molecule has 4 nitrogen and oxygen atoms in total. The molecule has 106 valence electrons. The molecular weight excluding hydrogens is 242 g/mol. The fourth-order valence-electron chi connectivity index (χ4n) is 2.70. The van der Waals surface area contributed by atoms with Gasteiger partial charge in [-0.05, 0) is 36.8 Å². The standard InChI is InChI=1S/C15H23NO3/c1-2-15(12-17)7-9-16(10-8-15)14(18)6-5-13-4-3-11-19-13/h3-4,11,17H,2,5-10,12H2,1H3. The zero-order chi connectivity index (χ0) is 13.7. The van der Waals surface area contributed by atoms with Gasteiger partial charge in [0.25, 0.3) is 0 Å². The van der Waals surface area contributed by atoms with Gasteiger partial charge in [-0.25, -0.2) is 0 Å². The first-order valence-electron chi connectivity index (χ1n) is 7.10. The number of likely N-dealkylation sites (tertiary alicyclic amines) is 1. The van der Waals surface area contributed by atoms with Crippen molar-refractivity contribution in [3.63, 3.8) is 0 Å². The summed E-state index contributed by atoms with van der Waals surface area (Å²) < 4.78 is 5.24. The molecule has 0 saturated carbocycles. The van der Waals surface area contributed by atoms with E-state index >= 15 is 0 Å². The van der Waals surface area contributed by atoms with E-state index in [0.717, 1.165) is 38.1 Å². The topological polar surface area (TPSA) is 53.7 Å². The molecule has 2 rings (SSSR count). The first kappa shape index (κ1) is 14.1. The summed E-state index contributed by atoms with van der Waals surface area (Å²) in [7, 11) is 0. The van der Waals surface area contributed by atoms with Gasteiger partial charge in [-0.3, -0.25) is 4.79 Å². The lowest BCUT2D eigenvalue weighted by atomic mass is 9.77. The SMILES string of the molecule is CCC1(CO)CCN(C(=O)CCc2ccco2)CC1. The third kappa shape index (κ3) is 3.38. The highest BCUT2D eigenvalue weighted by atomic mass is 16.3. The second-order valence-electron chi connectivity index (χ2n) is 5.47. The molecule has 0 bridgehead atoms. The maximum atomic E-state index is 12.1. The van der Waals surface area contributed by atoms with Crippen LogP contribution in [0.15, 0.2) is 22.8 Å². The third-order valence-corrected chi connectivity index (χ3v) is 4.43. The summed E-state index contributed by atoms with van der Waals surface area (Å²) in [4.78, 5) is 14.0. The second kappa shape index (κ2) is 6.24. The lowest BCUT2D eigenvalue weighted by Gasteiger charge is -2.40. The van der Waals surface area contributed by atoms with Crippen LogP contribution in [0.3, 0.4) is 0 Å². The molecule has 0 aromatic carbocycles. The molecule has 1 saturated heterocycles. The first-order valence-corrected chi connectivity index (χ1v) is 7.10. The third-order valence-electron chi connectivity index (χ3n) is 4.43. The summed E-state index contributed by atoms with van der Waals surface area (Å²) in [6, 6.07) is 3.74. The Morgan fingerprint density at radius 1 is 1.47 bits per heavy atom. The quantitative estimate of drug-likeness (QED) is 0.888. The van der Waals surface area contributed by atoms with Crippen LogP contribution in [-0.2, 0) is 11.2 Å². The number of amides is 1. The number of piperidine rings is 1. The van der Waals surface area contributed by atoms with Gasteiger partial charge in [0.2, 0.25) is 5.91 Å². The van der Waals surface area contributed by atoms with Crippen LogP contribution in [0.1, 0.15) is 38.4 Å². The van der Waals surface area contributed by atoms with Crippen molar-refractivity contribution in [1.82, 2.24) is 4.90 Å². The lowest BCUT2D eigenvalue weighted by Crippen LogP contribution is -2.44. The van der Waals surface area contributed by atoms with E-state index in [2.05, 4.69) is 6.92 Å². The Hall–Kier alpha value is -1.29. The normalized spacial score (nSPS) is 18.5. The minimum atomic E-state index is 0.0395. The highest BCUT2D eigenvalue weighted by Crippen LogP contribution is 2.34. The minimum Gasteiger partial charge on any atom is -0.469 e. The molecule has 19 heavy (non-hydrogen) atoms. The van der Waals surface area contributed by atoms with Gasteiger partial charge >= 0.3 is 0 Å². The van der Waals surface area contributed by atoms with Crippen LogP contribution in [0, 0.1) is 5.41 Å². The summed E-state index contributed by atoms with van der Waals surface area (Å²) in [6.07, 6.45) is 5.61. The van der Waals surface area contributed by atoms with Crippen LogP contribution in [0.2, 0.25) is 0 Å². The number of aryl methyl sites for hydroxylation is 1. The van der Waals surface area contributed by atoms with Gasteiger partial charge in [-0.15, -0.1) is 0 Å². The Bertz CT molecular complexity index is 386. The zero-order valence-corrected chi connectivity index (χ0v) is 11.6. The molecule has 1 N–H and O–H groups in total. The van der Waals surface area contributed by atoms with E-state index < -0.39 is 0 Å². The molecule has 0 unspecified atom stereocenters. The predicted molar refractivity (Wildman–Crippen MR) is 72.7 cm³/mol. The summed E-state index contributed by atoms with van der Waals surface area (Å²) in [5, 5.41) is 9.48. The summed E-state index contributed by atoms with van der Waals surface area (Å²) in [5.41, 5.74) is 0.0395. The van der Waals surface area contributed by atoms with E-state index in [9.17, 15) is 9.90 Å². The average molecular weight is 265 g/mol. The Morgan fingerprint density at radius 3 is 2.74 bits per heavy atom.